The van der Waals surface area contributed by atoms with Crippen molar-refractivity contribution in [2.75, 3.05) is 37.8 Å². The van der Waals surface area contributed by atoms with Crippen LogP contribution in [0.1, 0.15) is 16.2 Å². The van der Waals surface area contributed by atoms with Crippen LogP contribution < -0.4 is 5.32 Å². The first-order valence-electron chi connectivity index (χ1n) is 8.47. The van der Waals surface area contributed by atoms with E-state index in [4.69, 9.17) is 0 Å². The van der Waals surface area contributed by atoms with Crippen LogP contribution in [0.4, 0.5) is 0 Å². The minimum absolute atomic E-state index is 0.01000. The van der Waals surface area contributed by atoms with E-state index in [2.05, 4.69) is 15.3 Å². The number of imidazole rings is 1. The van der Waals surface area contributed by atoms with Crippen LogP contribution in [-0.2, 0) is 4.79 Å². The number of aromatic nitrogens is 2. The fourth-order valence-corrected chi connectivity index (χ4v) is 4.29. The molecule has 1 unspecified atom stereocenters. The van der Waals surface area contributed by atoms with Gasteiger partial charge in [0.1, 0.15) is 5.82 Å². The second-order valence-electron chi connectivity index (χ2n) is 6.44. The van der Waals surface area contributed by atoms with Gasteiger partial charge in [-0.15, -0.1) is 11.8 Å². The monoisotopic (exact) mass is 359 g/mol. The average molecular weight is 359 g/mol. The minimum Gasteiger partial charge on any atom is -0.342 e. The number of carbonyl (C=O) groups excluding carboxylic acids is 2. The summed E-state index contributed by atoms with van der Waals surface area (Å²) in [6, 6.07) is 5.48. The van der Waals surface area contributed by atoms with E-state index in [0.717, 1.165) is 28.5 Å². The molecule has 2 fully saturated rings. The molecule has 2 N–H and O–H groups in total. The molecular formula is C17H21N5O2S. The molecule has 4 rings (SSSR count). The highest BCUT2D eigenvalue weighted by Gasteiger charge is 2.30. The third-order valence-corrected chi connectivity index (χ3v) is 5.68. The Hall–Kier alpha value is -2.06. The number of piperazine rings is 1. The summed E-state index contributed by atoms with van der Waals surface area (Å²) in [6.07, 6.45) is 0. The van der Waals surface area contributed by atoms with Gasteiger partial charge in [0.2, 0.25) is 5.91 Å². The van der Waals surface area contributed by atoms with Gasteiger partial charge in [-0.2, -0.15) is 0 Å². The lowest BCUT2D eigenvalue weighted by Gasteiger charge is -2.35. The normalized spacial score (nSPS) is 21.1. The molecule has 0 spiro atoms. The first-order valence-corrected chi connectivity index (χ1v) is 9.63. The van der Waals surface area contributed by atoms with Gasteiger partial charge < -0.3 is 14.8 Å². The van der Waals surface area contributed by atoms with E-state index in [9.17, 15) is 9.59 Å². The first-order chi connectivity index (χ1) is 12.1. The summed E-state index contributed by atoms with van der Waals surface area (Å²) in [4.78, 5) is 36.4. The van der Waals surface area contributed by atoms with Crippen LogP contribution in [0.15, 0.2) is 18.2 Å². The predicted octanol–water partition coefficient (Wildman–Crippen LogP) is 0.818. The smallest absolute Gasteiger partial charge is 0.254 e. The number of H-pyrrole nitrogens is 1. The Morgan fingerprint density at radius 3 is 2.68 bits per heavy atom. The van der Waals surface area contributed by atoms with Crippen molar-refractivity contribution in [3.8, 4) is 0 Å². The van der Waals surface area contributed by atoms with Crippen molar-refractivity contribution in [1.29, 1.82) is 0 Å². The minimum atomic E-state index is -0.0710. The zero-order valence-electron chi connectivity index (χ0n) is 14.1. The van der Waals surface area contributed by atoms with Crippen molar-refractivity contribution in [3.63, 3.8) is 0 Å². The lowest BCUT2D eigenvalue weighted by Crippen LogP contribution is -2.54. The van der Waals surface area contributed by atoms with E-state index in [1.807, 2.05) is 34.9 Å². The summed E-state index contributed by atoms with van der Waals surface area (Å²) < 4.78 is 0. The zero-order valence-corrected chi connectivity index (χ0v) is 14.9. The van der Waals surface area contributed by atoms with Crippen molar-refractivity contribution in [3.05, 3.63) is 29.6 Å². The number of hydrogen-bond donors (Lipinski definition) is 2. The number of rotatable bonds is 2. The van der Waals surface area contributed by atoms with Crippen LogP contribution in [0.2, 0.25) is 0 Å². The largest absolute Gasteiger partial charge is 0.342 e. The molecule has 2 aliphatic heterocycles. The van der Waals surface area contributed by atoms with E-state index in [1.165, 1.54) is 0 Å². The van der Waals surface area contributed by atoms with E-state index >= 15 is 0 Å². The molecule has 7 nitrogen and oxygen atoms in total. The van der Waals surface area contributed by atoms with Gasteiger partial charge in [0, 0.05) is 43.4 Å². The maximum atomic E-state index is 12.8. The summed E-state index contributed by atoms with van der Waals surface area (Å²) >= 11 is 1.75. The molecule has 2 saturated heterocycles. The molecule has 0 aliphatic carbocycles. The second-order valence-corrected chi connectivity index (χ2v) is 7.47. The quantitative estimate of drug-likeness (QED) is 0.830. The van der Waals surface area contributed by atoms with Gasteiger partial charge in [-0.05, 0) is 25.1 Å². The molecule has 2 aromatic rings. The molecule has 1 atom stereocenters. The SMILES string of the molecule is Cc1nc2ccc(C(=O)N3CCN(C(=O)C4CSCN4)CC3)cc2[nH]1. The fourth-order valence-electron chi connectivity index (χ4n) is 3.36. The Balaban J connectivity index is 1.40. The molecule has 3 heterocycles. The Labute approximate surface area is 150 Å². The van der Waals surface area contributed by atoms with Crippen molar-refractivity contribution in [1.82, 2.24) is 25.1 Å². The maximum Gasteiger partial charge on any atom is 0.254 e. The summed E-state index contributed by atoms with van der Waals surface area (Å²) in [5, 5.41) is 3.21. The third-order valence-electron chi connectivity index (χ3n) is 4.74. The van der Waals surface area contributed by atoms with Crippen LogP contribution in [0, 0.1) is 6.92 Å². The first kappa shape index (κ1) is 16.4. The molecule has 8 heteroatoms. The molecular weight excluding hydrogens is 338 g/mol. The third kappa shape index (κ3) is 3.23. The summed E-state index contributed by atoms with van der Waals surface area (Å²) in [5.74, 6) is 2.68. The Kier molecular flexibility index (Phi) is 4.39. The van der Waals surface area contributed by atoms with Gasteiger partial charge in [0.05, 0.1) is 17.1 Å². The number of amides is 2. The van der Waals surface area contributed by atoms with E-state index < -0.39 is 0 Å². The Morgan fingerprint density at radius 1 is 1.20 bits per heavy atom. The number of nitrogens with zero attached hydrogens (tertiary/aromatic N) is 3. The molecule has 25 heavy (non-hydrogen) atoms. The van der Waals surface area contributed by atoms with Crippen LogP contribution in [-0.4, -0.2) is 75.4 Å². The van der Waals surface area contributed by atoms with Gasteiger partial charge in [-0.25, -0.2) is 4.98 Å². The van der Waals surface area contributed by atoms with Gasteiger partial charge in [0.15, 0.2) is 0 Å². The van der Waals surface area contributed by atoms with E-state index in [-0.39, 0.29) is 17.9 Å². The van der Waals surface area contributed by atoms with Gasteiger partial charge in [0.25, 0.3) is 5.91 Å². The molecule has 1 aromatic carbocycles. The van der Waals surface area contributed by atoms with Crippen LogP contribution in [0.5, 0.6) is 0 Å². The molecule has 0 bridgehead atoms. The number of benzene rings is 1. The summed E-state index contributed by atoms with van der Waals surface area (Å²) in [6.45, 7) is 4.24. The molecule has 0 radical (unpaired) electrons. The Morgan fingerprint density at radius 2 is 1.96 bits per heavy atom. The van der Waals surface area contributed by atoms with Crippen molar-refractivity contribution in [2.45, 2.75) is 13.0 Å². The number of hydrogen-bond acceptors (Lipinski definition) is 5. The van der Waals surface area contributed by atoms with E-state index in [1.54, 1.807) is 11.8 Å². The molecule has 0 saturated carbocycles. The number of thioether (sulfide) groups is 1. The highest BCUT2D eigenvalue weighted by atomic mass is 32.2. The topological polar surface area (TPSA) is 81.3 Å². The number of aromatic amines is 1. The van der Waals surface area contributed by atoms with E-state index in [0.29, 0.717) is 31.7 Å². The fraction of sp³-hybridized carbons (Fsp3) is 0.471. The van der Waals surface area contributed by atoms with Gasteiger partial charge in [-0.1, -0.05) is 0 Å². The molecule has 2 aliphatic rings. The van der Waals surface area contributed by atoms with Crippen LogP contribution >= 0.6 is 11.8 Å². The molecule has 1 aromatic heterocycles. The zero-order chi connectivity index (χ0) is 17.4. The number of aryl methyl sites for hydroxylation is 1. The molecule has 2 amide bonds. The highest BCUT2D eigenvalue weighted by Crippen LogP contribution is 2.17. The molecule has 132 valence electrons. The van der Waals surface area contributed by atoms with Crippen molar-refractivity contribution >= 4 is 34.6 Å². The number of nitrogens with one attached hydrogen (secondary N) is 2. The lowest BCUT2D eigenvalue weighted by atomic mass is 10.1. The second kappa shape index (κ2) is 6.68. The number of carbonyl (C=O) groups is 2. The van der Waals surface area contributed by atoms with Crippen LogP contribution in [0.3, 0.4) is 0 Å². The van der Waals surface area contributed by atoms with Gasteiger partial charge in [-0.3, -0.25) is 14.9 Å². The van der Waals surface area contributed by atoms with Crippen molar-refractivity contribution in [2.24, 2.45) is 0 Å². The Bertz CT molecular complexity index is 806. The summed E-state index contributed by atoms with van der Waals surface area (Å²) in [5.41, 5.74) is 2.40. The summed E-state index contributed by atoms with van der Waals surface area (Å²) in [7, 11) is 0. The number of fused-ring (bicyclic) bond motifs is 1. The average Bonchev–Trinajstić information content (AvgIpc) is 3.28. The van der Waals surface area contributed by atoms with Crippen molar-refractivity contribution < 1.29 is 9.59 Å². The predicted molar refractivity (Wildman–Crippen MR) is 97.6 cm³/mol. The highest BCUT2D eigenvalue weighted by molar-refractivity contribution is 7.99. The lowest BCUT2D eigenvalue weighted by molar-refractivity contribution is -0.134. The standard InChI is InChI=1S/C17H21N5O2S/c1-11-19-13-3-2-12(8-14(13)20-11)16(23)21-4-6-22(7-5-21)17(24)15-9-25-10-18-15/h2-3,8,15,18H,4-7,9-10H2,1H3,(H,19,20). The maximum absolute atomic E-state index is 12.8. The van der Waals surface area contributed by atoms with Gasteiger partial charge >= 0.3 is 0 Å². The van der Waals surface area contributed by atoms with Crippen LogP contribution in [0.25, 0.3) is 11.0 Å².